The highest BCUT2D eigenvalue weighted by Gasteiger charge is 2.46. The number of alkyl halides is 2. The molecule has 2 aliphatic heterocycles. The van der Waals surface area contributed by atoms with Gasteiger partial charge < -0.3 is 30.2 Å². The highest BCUT2D eigenvalue weighted by atomic mass is 19.3. The summed E-state index contributed by atoms with van der Waals surface area (Å²) >= 11 is 0. The van der Waals surface area contributed by atoms with Crippen LogP contribution in [0, 0.1) is 0 Å². The lowest BCUT2D eigenvalue weighted by molar-refractivity contribution is -0.0794. The van der Waals surface area contributed by atoms with Gasteiger partial charge >= 0.3 is 0 Å². The van der Waals surface area contributed by atoms with Crippen LogP contribution >= 0.6 is 0 Å². The first-order valence-corrected chi connectivity index (χ1v) is 13.0. The third-order valence-corrected chi connectivity index (χ3v) is 8.23. The minimum Gasteiger partial charge on any atom is -0.393 e. The number of anilines is 3. The fourth-order valence-electron chi connectivity index (χ4n) is 6.02. The van der Waals surface area contributed by atoms with Gasteiger partial charge in [0.15, 0.2) is 6.23 Å². The van der Waals surface area contributed by atoms with Gasteiger partial charge in [0.25, 0.3) is 5.92 Å². The third-order valence-electron chi connectivity index (χ3n) is 8.23. The Morgan fingerprint density at radius 1 is 1.00 bits per heavy atom. The molecule has 10 heteroatoms. The first kappa shape index (κ1) is 23.8. The Hall–Kier alpha value is -2.56. The van der Waals surface area contributed by atoms with Crippen LogP contribution < -0.4 is 15.1 Å². The molecule has 36 heavy (non-hydrogen) atoms. The van der Waals surface area contributed by atoms with Crippen molar-refractivity contribution in [2.24, 2.45) is 0 Å². The van der Waals surface area contributed by atoms with Crippen LogP contribution in [0.15, 0.2) is 24.4 Å². The Morgan fingerprint density at radius 2 is 1.72 bits per heavy atom. The zero-order valence-corrected chi connectivity index (χ0v) is 20.6. The number of rotatable bonds is 4. The Balaban J connectivity index is 1.35. The summed E-state index contributed by atoms with van der Waals surface area (Å²) in [5, 5.41) is 24.8. The number of aromatic nitrogens is 2. The Bertz CT molecular complexity index is 1110. The number of fused-ring (bicyclic) bond motifs is 3. The molecule has 0 spiro atoms. The van der Waals surface area contributed by atoms with Crippen molar-refractivity contribution in [1.82, 2.24) is 14.9 Å². The summed E-state index contributed by atoms with van der Waals surface area (Å²) in [5.41, 5.74) is 3.64. The summed E-state index contributed by atoms with van der Waals surface area (Å²) in [4.78, 5) is 15.8. The molecule has 1 saturated heterocycles. The van der Waals surface area contributed by atoms with Gasteiger partial charge in [-0.2, -0.15) is 4.98 Å². The molecule has 8 nitrogen and oxygen atoms in total. The number of aliphatic hydroxyl groups excluding tert-OH is 2. The maximum absolute atomic E-state index is 13.4. The Kier molecular flexibility index (Phi) is 6.00. The van der Waals surface area contributed by atoms with Gasteiger partial charge in [-0.25, -0.2) is 13.8 Å². The van der Waals surface area contributed by atoms with E-state index in [1.807, 2.05) is 11.0 Å². The van der Waals surface area contributed by atoms with Crippen molar-refractivity contribution in [3.8, 4) is 11.1 Å². The minimum atomic E-state index is -2.63. The maximum Gasteiger partial charge on any atom is 0.252 e. The minimum absolute atomic E-state index is 0.0124. The van der Waals surface area contributed by atoms with E-state index in [9.17, 15) is 19.0 Å². The molecule has 3 N–H and O–H groups in total. The molecule has 1 atom stereocenters. The molecule has 0 radical (unpaired) electrons. The smallest absolute Gasteiger partial charge is 0.252 e. The van der Waals surface area contributed by atoms with Gasteiger partial charge in [0.1, 0.15) is 5.82 Å². The Labute approximate surface area is 209 Å². The zero-order chi connectivity index (χ0) is 25.0. The van der Waals surface area contributed by atoms with Crippen LogP contribution in [0.2, 0.25) is 0 Å². The first-order chi connectivity index (χ1) is 17.3. The summed E-state index contributed by atoms with van der Waals surface area (Å²) in [7, 11) is 2.13. The Morgan fingerprint density at radius 3 is 2.42 bits per heavy atom. The lowest BCUT2D eigenvalue weighted by Gasteiger charge is -2.44. The van der Waals surface area contributed by atoms with Gasteiger partial charge in [-0.15, -0.1) is 0 Å². The van der Waals surface area contributed by atoms with Gasteiger partial charge in [0.05, 0.1) is 6.10 Å². The second kappa shape index (κ2) is 9.08. The van der Waals surface area contributed by atoms with Crippen molar-refractivity contribution in [2.45, 2.75) is 68.9 Å². The molecule has 0 bridgehead atoms. The largest absolute Gasteiger partial charge is 0.393 e. The van der Waals surface area contributed by atoms with Crippen molar-refractivity contribution in [1.29, 1.82) is 0 Å². The van der Waals surface area contributed by atoms with Crippen LogP contribution in [-0.2, 0) is 0 Å². The second-order valence-electron chi connectivity index (χ2n) is 10.8. The highest BCUT2D eigenvalue weighted by Crippen LogP contribution is 2.47. The van der Waals surface area contributed by atoms with Crippen molar-refractivity contribution in [3.63, 3.8) is 0 Å². The number of aliphatic hydroxyl groups is 2. The second-order valence-corrected chi connectivity index (χ2v) is 10.8. The molecule has 3 heterocycles. The van der Waals surface area contributed by atoms with Gasteiger partial charge in [-0.1, -0.05) is 6.07 Å². The number of halogens is 2. The predicted octanol–water partition coefficient (Wildman–Crippen LogP) is 3.22. The highest BCUT2D eigenvalue weighted by molar-refractivity contribution is 5.83. The van der Waals surface area contributed by atoms with E-state index in [2.05, 4.69) is 39.3 Å². The number of likely N-dealkylation sites (N-methyl/N-ethyl adjacent to an activating group) is 1. The number of nitrogens with zero attached hydrogens (tertiary/aromatic N) is 5. The zero-order valence-electron chi connectivity index (χ0n) is 20.6. The van der Waals surface area contributed by atoms with Crippen LogP contribution in [-0.4, -0.2) is 82.4 Å². The maximum atomic E-state index is 13.4. The lowest BCUT2D eigenvalue weighted by Crippen LogP contribution is -2.46. The van der Waals surface area contributed by atoms with E-state index in [1.54, 1.807) is 6.20 Å². The van der Waals surface area contributed by atoms with Gasteiger partial charge in [0, 0.05) is 74.1 Å². The number of benzene rings is 1. The van der Waals surface area contributed by atoms with E-state index in [0.717, 1.165) is 61.4 Å². The molecule has 0 amide bonds. The van der Waals surface area contributed by atoms with Crippen LogP contribution in [0.5, 0.6) is 0 Å². The SMILES string of the molecule is CN1CCN(c2ccc3c(c2)C(O)N([C@H]2CC[C@H](O)CC2)c2nc(NC4CC(F)(F)C4)ncc2-3)CC1. The molecule has 194 valence electrons. The molecular formula is C26H34F2N6O2. The summed E-state index contributed by atoms with van der Waals surface area (Å²) < 4.78 is 26.7. The molecule has 1 aromatic carbocycles. The summed E-state index contributed by atoms with van der Waals surface area (Å²) in [6.07, 6.45) is 2.91. The van der Waals surface area contributed by atoms with E-state index >= 15 is 0 Å². The van der Waals surface area contributed by atoms with Gasteiger partial charge in [0.2, 0.25) is 5.95 Å². The summed E-state index contributed by atoms with van der Waals surface area (Å²) in [6.45, 7) is 3.86. The molecule has 1 unspecified atom stereocenters. The summed E-state index contributed by atoms with van der Waals surface area (Å²) in [5.74, 6) is -1.70. The predicted molar refractivity (Wildman–Crippen MR) is 134 cm³/mol. The molecule has 2 saturated carbocycles. The van der Waals surface area contributed by atoms with Crippen molar-refractivity contribution >= 4 is 17.5 Å². The van der Waals surface area contributed by atoms with Crippen molar-refractivity contribution in [2.75, 3.05) is 48.3 Å². The van der Waals surface area contributed by atoms with E-state index in [1.165, 1.54) is 0 Å². The van der Waals surface area contributed by atoms with Crippen LogP contribution in [0.4, 0.5) is 26.2 Å². The van der Waals surface area contributed by atoms with Gasteiger partial charge in [-0.05, 0) is 50.4 Å². The first-order valence-electron chi connectivity index (χ1n) is 13.0. The standard InChI is InChI=1S/C26H34F2N6O2/c1-32-8-10-33(11-9-32)18-4-7-20-21(12-18)24(36)34(17-2-5-19(35)6-3-17)23-22(20)15-29-25(31-23)30-16-13-26(27,28)14-16/h4,7,12,15-17,19,24,35-36H,2-3,5-6,8-11,13-14H2,1H3,(H,29,30,31)/t17-,19-,24?. The van der Waals surface area contributed by atoms with E-state index in [-0.39, 0.29) is 31.0 Å². The average Bonchev–Trinajstić information content (AvgIpc) is 2.84. The topological polar surface area (TPSA) is 88.0 Å². The molecule has 1 aromatic heterocycles. The monoisotopic (exact) mass is 500 g/mol. The molecule has 6 rings (SSSR count). The fourth-order valence-corrected chi connectivity index (χ4v) is 6.02. The number of piperazine rings is 1. The summed E-state index contributed by atoms with van der Waals surface area (Å²) in [6, 6.07) is 5.87. The molecule has 2 aliphatic carbocycles. The molecule has 3 fully saturated rings. The van der Waals surface area contributed by atoms with Gasteiger partial charge in [-0.3, -0.25) is 0 Å². The average molecular weight is 501 g/mol. The normalized spacial score (nSPS) is 28.3. The number of nitrogens with one attached hydrogen (secondary N) is 1. The van der Waals surface area contributed by atoms with Crippen LogP contribution in [0.3, 0.4) is 0 Å². The molecular weight excluding hydrogens is 466 g/mol. The van der Waals surface area contributed by atoms with E-state index in [4.69, 9.17) is 4.98 Å². The molecule has 4 aliphatic rings. The van der Waals surface area contributed by atoms with E-state index < -0.39 is 12.2 Å². The van der Waals surface area contributed by atoms with Crippen molar-refractivity contribution in [3.05, 3.63) is 30.0 Å². The fraction of sp³-hybridized carbons (Fsp3) is 0.615. The van der Waals surface area contributed by atoms with Crippen LogP contribution in [0.25, 0.3) is 11.1 Å². The number of hydrogen-bond acceptors (Lipinski definition) is 8. The molecule has 2 aromatic rings. The lowest BCUT2D eigenvalue weighted by atomic mass is 9.87. The quantitative estimate of drug-likeness (QED) is 0.590. The number of hydrogen-bond donors (Lipinski definition) is 3. The van der Waals surface area contributed by atoms with Crippen molar-refractivity contribution < 1.29 is 19.0 Å². The van der Waals surface area contributed by atoms with Crippen LogP contribution in [0.1, 0.15) is 50.3 Å². The van der Waals surface area contributed by atoms with E-state index in [0.29, 0.717) is 24.6 Å². The third kappa shape index (κ3) is 4.39.